The van der Waals surface area contributed by atoms with Gasteiger partial charge in [0.25, 0.3) is 5.91 Å². The quantitative estimate of drug-likeness (QED) is 0.478. The maximum Gasteiger partial charge on any atom is 0.251 e. The monoisotopic (exact) mass is 477 g/mol. The van der Waals surface area contributed by atoms with Crippen molar-refractivity contribution in [2.75, 3.05) is 18.2 Å². The normalized spacial score (nSPS) is 11.7. The van der Waals surface area contributed by atoms with Crippen molar-refractivity contribution in [3.8, 4) is 5.75 Å². The number of methoxy groups -OCH3 is 1. The molecule has 32 heavy (non-hydrogen) atoms. The fraction of sp³-hybridized carbons (Fsp3) is 0.238. The van der Waals surface area contributed by atoms with Gasteiger partial charge in [0.05, 0.1) is 24.6 Å². The van der Waals surface area contributed by atoms with Gasteiger partial charge in [-0.2, -0.15) is 0 Å². The molecule has 0 fully saturated rings. The third kappa shape index (κ3) is 5.77. The van der Waals surface area contributed by atoms with Crippen molar-refractivity contribution in [1.29, 1.82) is 0 Å². The van der Waals surface area contributed by atoms with Gasteiger partial charge in [0.1, 0.15) is 11.6 Å². The summed E-state index contributed by atoms with van der Waals surface area (Å²) < 4.78 is 20.0. The second-order valence-electron chi connectivity index (χ2n) is 6.78. The van der Waals surface area contributed by atoms with Crippen LogP contribution in [-0.2, 0) is 11.8 Å². The Morgan fingerprint density at radius 2 is 1.94 bits per heavy atom. The van der Waals surface area contributed by atoms with Gasteiger partial charge in [-0.05, 0) is 49.4 Å². The molecule has 0 spiro atoms. The third-order valence-electron chi connectivity index (χ3n) is 4.48. The third-order valence-corrected chi connectivity index (χ3v) is 5.73. The Labute approximate surface area is 193 Å². The highest BCUT2D eigenvalue weighted by molar-refractivity contribution is 7.99. The van der Waals surface area contributed by atoms with Gasteiger partial charge in [0.2, 0.25) is 5.91 Å². The number of anilines is 1. The van der Waals surface area contributed by atoms with Crippen LogP contribution < -0.4 is 15.4 Å². The first-order valence-electron chi connectivity index (χ1n) is 9.50. The van der Waals surface area contributed by atoms with E-state index in [1.165, 1.54) is 43.1 Å². The minimum atomic E-state index is -0.455. The highest BCUT2D eigenvalue weighted by Crippen LogP contribution is 2.28. The number of halogens is 2. The van der Waals surface area contributed by atoms with Gasteiger partial charge >= 0.3 is 0 Å². The standard InChI is InChI=1S/C21H21ClFN5O3S/c1-12(24-20(30)13-4-7-15(23)8-5-13)19-26-27-21(28(19)2)32-11-18(29)25-16-10-14(22)6-9-17(16)31-3/h4-10,12H,11H2,1-3H3,(H,24,30)(H,25,29)/t12-/m1/s1. The van der Waals surface area contributed by atoms with E-state index in [0.717, 1.165) is 0 Å². The molecule has 0 aliphatic carbocycles. The number of hydrogen-bond donors (Lipinski definition) is 2. The largest absolute Gasteiger partial charge is 0.495 e. The van der Waals surface area contributed by atoms with Gasteiger partial charge in [-0.25, -0.2) is 4.39 Å². The van der Waals surface area contributed by atoms with Crippen LogP contribution in [0.3, 0.4) is 0 Å². The van der Waals surface area contributed by atoms with E-state index in [9.17, 15) is 14.0 Å². The second kappa shape index (κ2) is 10.5. The molecule has 1 heterocycles. The fourth-order valence-corrected chi connectivity index (χ4v) is 3.76. The smallest absolute Gasteiger partial charge is 0.251 e. The molecule has 3 aromatic rings. The minimum Gasteiger partial charge on any atom is -0.495 e. The van der Waals surface area contributed by atoms with Gasteiger partial charge in [0, 0.05) is 17.6 Å². The maximum absolute atomic E-state index is 13.0. The number of carbonyl (C=O) groups excluding carboxylic acids is 2. The summed E-state index contributed by atoms with van der Waals surface area (Å²) >= 11 is 7.18. The van der Waals surface area contributed by atoms with E-state index in [4.69, 9.17) is 16.3 Å². The number of nitrogens with one attached hydrogen (secondary N) is 2. The fourth-order valence-electron chi connectivity index (χ4n) is 2.87. The molecule has 2 amide bonds. The van der Waals surface area contributed by atoms with Crippen LogP contribution in [0.15, 0.2) is 47.6 Å². The van der Waals surface area contributed by atoms with Crippen LogP contribution >= 0.6 is 23.4 Å². The summed E-state index contributed by atoms with van der Waals surface area (Å²) in [7, 11) is 3.25. The van der Waals surface area contributed by atoms with Crippen molar-refractivity contribution >= 4 is 40.9 Å². The number of benzene rings is 2. The van der Waals surface area contributed by atoms with Crippen LogP contribution in [0.4, 0.5) is 10.1 Å². The molecule has 1 atom stereocenters. The molecule has 168 valence electrons. The molecule has 0 aliphatic heterocycles. The number of rotatable bonds is 8. The van der Waals surface area contributed by atoms with E-state index in [1.807, 2.05) is 0 Å². The van der Waals surface area contributed by atoms with Crippen LogP contribution in [0.25, 0.3) is 0 Å². The SMILES string of the molecule is COc1ccc(Cl)cc1NC(=O)CSc1nnc([C@@H](C)NC(=O)c2ccc(F)cc2)n1C. The molecule has 0 saturated carbocycles. The molecule has 0 bridgehead atoms. The lowest BCUT2D eigenvalue weighted by Crippen LogP contribution is -2.28. The van der Waals surface area contributed by atoms with Crippen molar-refractivity contribution in [2.45, 2.75) is 18.1 Å². The Morgan fingerprint density at radius 1 is 1.22 bits per heavy atom. The van der Waals surface area contributed by atoms with Crippen LogP contribution in [0.5, 0.6) is 5.75 Å². The Hall–Kier alpha value is -3.11. The number of carbonyl (C=O) groups is 2. The average Bonchev–Trinajstić information content (AvgIpc) is 3.13. The zero-order valence-corrected chi connectivity index (χ0v) is 19.1. The summed E-state index contributed by atoms with van der Waals surface area (Å²) in [5, 5.41) is 14.8. The first-order chi connectivity index (χ1) is 15.3. The van der Waals surface area contributed by atoms with E-state index in [0.29, 0.717) is 33.0 Å². The molecule has 8 nitrogen and oxygen atoms in total. The molecule has 1 aromatic heterocycles. The second-order valence-corrected chi connectivity index (χ2v) is 8.16. The number of nitrogens with zero attached hydrogens (tertiary/aromatic N) is 3. The lowest BCUT2D eigenvalue weighted by atomic mass is 10.2. The number of thioether (sulfide) groups is 1. The number of hydrogen-bond acceptors (Lipinski definition) is 6. The summed E-state index contributed by atoms with van der Waals surface area (Å²) in [6.45, 7) is 1.76. The van der Waals surface area contributed by atoms with Crippen LogP contribution in [-0.4, -0.2) is 39.4 Å². The van der Waals surface area contributed by atoms with Gasteiger partial charge < -0.3 is 19.9 Å². The zero-order chi connectivity index (χ0) is 23.3. The van der Waals surface area contributed by atoms with Gasteiger partial charge in [-0.1, -0.05) is 23.4 Å². The van der Waals surface area contributed by atoms with Crippen molar-refractivity contribution in [3.05, 3.63) is 64.7 Å². The maximum atomic E-state index is 13.0. The van der Waals surface area contributed by atoms with E-state index in [-0.39, 0.29) is 17.6 Å². The number of amides is 2. The predicted molar refractivity (Wildman–Crippen MR) is 121 cm³/mol. The first kappa shape index (κ1) is 23.6. The van der Waals surface area contributed by atoms with Crippen LogP contribution in [0.2, 0.25) is 5.02 Å². The summed E-state index contributed by atoms with van der Waals surface area (Å²) in [6, 6.07) is 9.75. The molecular formula is C21H21ClFN5O3S. The van der Waals surface area contributed by atoms with Gasteiger partial charge in [-0.15, -0.1) is 10.2 Å². The summed E-state index contributed by atoms with van der Waals surface area (Å²) in [4.78, 5) is 24.7. The lowest BCUT2D eigenvalue weighted by Gasteiger charge is -2.14. The van der Waals surface area contributed by atoms with Crippen molar-refractivity contribution in [3.63, 3.8) is 0 Å². The van der Waals surface area contributed by atoms with E-state index >= 15 is 0 Å². The topological polar surface area (TPSA) is 98.1 Å². The average molecular weight is 478 g/mol. The number of aromatic nitrogens is 3. The highest BCUT2D eigenvalue weighted by Gasteiger charge is 2.19. The zero-order valence-electron chi connectivity index (χ0n) is 17.6. The highest BCUT2D eigenvalue weighted by atomic mass is 35.5. The van der Waals surface area contributed by atoms with E-state index in [1.54, 1.807) is 36.7 Å². The van der Waals surface area contributed by atoms with Crippen LogP contribution in [0, 0.1) is 5.82 Å². The molecule has 0 radical (unpaired) electrons. The molecule has 2 N–H and O–H groups in total. The summed E-state index contributed by atoms with van der Waals surface area (Å²) in [5.41, 5.74) is 0.810. The lowest BCUT2D eigenvalue weighted by molar-refractivity contribution is -0.113. The van der Waals surface area contributed by atoms with Crippen molar-refractivity contribution in [2.24, 2.45) is 7.05 Å². The minimum absolute atomic E-state index is 0.0813. The molecule has 2 aromatic carbocycles. The molecule has 3 rings (SSSR count). The van der Waals surface area contributed by atoms with Gasteiger partial charge in [0.15, 0.2) is 11.0 Å². The van der Waals surface area contributed by atoms with Crippen molar-refractivity contribution < 1.29 is 18.7 Å². The van der Waals surface area contributed by atoms with Gasteiger partial charge in [-0.3, -0.25) is 9.59 Å². The number of ether oxygens (including phenoxy) is 1. The molecular weight excluding hydrogens is 457 g/mol. The summed E-state index contributed by atoms with van der Waals surface area (Å²) in [6.07, 6.45) is 0. The molecule has 11 heteroatoms. The van der Waals surface area contributed by atoms with Crippen LogP contribution in [0.1, 0.15) is 29.1 Å². The van der Waals surface area contributed by atoms with Crippen molar-refractivity contribution in [1.82, 2.24) is 20.1 Å². The molecule has 0 aliphatic rings. The predicted octanol–water partition coefficient (Wildman–Crippen LogP) is 3.84. The van der Waals surface area contributed by atoms with E-state index in [2.05, 4.69) is 20.8 Å². The molecule has 0 saturated heterocycles. The first-order valence-corrected chi connectivity index (χ1v) is 10.9. The Kier molecular flexibility index (Phi) is 7.70. The van der Waals surface area contributed by atoms with E-state index < -0.39 is 11.9 Å². The molecule has 0 unspecified atom stereocenters. The Balaban J connectivity index is 1.59. The Bertz CT molecular complexity index is 1120. The summed E-state index contributed by atoms with van der Waals surface area (Å²) in [5.74, 6) is 0.0573. The Morgan fingerprint density at radius 3 is 2.62 bits per heavy atom.